The quantitative estimate of drug-likeness (QED) is 0.410. The van der Waals surface area contributed by atoms with Crippen LogP contribution in [0, 0.1) is 17.8 Å². The lowest BCUT2D eigenvalue weighted by Crippen LogP contribution is -2.64. The van der Waals surface area contributed by atoms with Crippen LogP contribution in [-0.4, -0.2) is 112 Å². The molecule has 3 fully saturated rings. The summed E-state index contributed by atoms with van der Waals surface area (Å²) >= 11 is 6.49. The van der Waals surface area contributed by atoms with E-state index in [-0.39, 0.29) is 23.2 Å². The molecule has 12 heteroatoms. The van der Waals surface area contributed by atoms with Gasteiger partial charge in [0.2, 0.25) is 10.0 Å². The Bertz CT molecular complexity index is 1780. The largest absolute Gasteiger partial charge is 0.490 e. The van der Waals surface area contributed by atoms with Gasteiger partial charge in [-0.2, -0.15) is 0 Å². The molecule has 2 aliphatic carbocycles. The first kappa shape index (κ1) is 36.6. The summed E-state index contributed by atoms with van der Waals surface area (Å²) in [4.78, 5) is 21.1. The molecule has 1 saturated carbocycles. The number of nitrogens with zero attached hydrogens (tertiary/aromatic N) is 3. The number of sulfonamides is 1. The smallest absolute Gasteiger partial charge is 0.264 e. The number of amides is 1. The topological polar surface area (TPSA) is 114 Å². The van der Waals surface area contributed by atoms with Crippen LogP contribution in [0.3, 0.4) is 0 Å². The second-order valence-corrected chi connectivity index (χ2v) is 19.5. The molecule has 4 aliphatic heterocycles. The number of nitrogens with one attached hydrogen (secondary N) is 2. The molecule has 2 saturated heterocycles. The number of carbonyl (C=O) groups excluding carboxylic acids is 1. The second-order valence-electron chi connectivity index (χ2n) is 17.0. The molecule has 0 aromatic heterocycles. The van der Waals surface area contributed by atoms with Gasteiger partial charge < -0.3 is 20.1 Å². The third-order valence-electron chi connectivity index (χ3n) is 13.8. The molecular weight excluding hydrogens is 698 g/mol. The fraction of sp³-hybridized carbons (Fsp3) is 0.675. The molecule has 0 unspecified atom stereocenters. The molecule has 1 amide bonds. The third kappa shape index (κ3) is 6.99. The van der Waals surface area contributed by atoms with E-state index < -0.39 is 26.8 Å². The number of benzene rings is 2. The zero-order valence-electron chi connectivity index (χ0n) is 30.8. The number of hydrogen-bond acceptors (Lipinski definition) is 9. The highest BCUT2D eigenvalue weighted by molar-refractivity contribution is 7.90. The van der Waals surface area contributed by atoms with Gasteiger partial charge in [0, 0.05) is 80.9 Å². The minimum Gasteiger partial charge on any atom is -0.490 e. The number of fused-ring (bicyclic) bond motifs is 5. The number of aliphatic hydroxyl groups is 1. The molecule has 10 nitrogen and oxygen atoms in total. The fourth-order valence-electron chi connectivity index (χ4n) is 10.4. The maximum absolute atomic E-state index is 13.6. The predicted molar refractivity (Wildman–Crippen MR) is 205 cm³/mol. The van der Waals surface area contributed by atoms with Crippen LogP contribution in [0.5, 0.6) is 5.75 Å². The number of ether oxygens (including phenoxy) is 1. The number of rotatable bonds is 2. The molecule has 4 heterocycles. The molecule has 2 aromatic rings. The van der Waals surface area contributed by atoms with Gasteiger partial charge in [-0.3, -0.25) is 14.6 Å². The normalized spacial score (nSPS) is 35.6. The first-order valence-corrected chi connectivity index (χ1v) is 21.6. The summed E-state index contributed by atoms with van der Waals surface area (Å²) in [6, 6.07) is 12.0. The van der Waals surface area contributed by atoms with Gasteiger partial charge in [0.15, 0.2) is 0 Å². The summed E-state index contributed by atoms with van der Waals surface area (Å²) < 4.78 is 36.2. The number of hydrogen-bond donors (Lipinski definition) is 3. The Labute approximate surface area is 314 Å². The van der Waals surface area contributed by atoms with E-state index in [1.54, 1.807) is 13.0 Å². The molecular formula is C40H56ClN5O5S. The first-order valence-electron chi connectivity index (χ1n) is 19.7. The Morgan fingerprint density at radius 3 is 2.71 bits per heavy atom. The van der Waals surface area contributed by atoms with Gasteiger partial charge in [0.05, 0.1) is 23.1 Å². The van der Waals surface area contributed by atoms with Gasteiger partial charge in [-0.15, -0.1) is 0 Å². The Morgan fingerprint density at radius 2 is 1.88 bits per heavy atom. The minimum atomic E-state index is -3.94. The van der Waals surface area contributed by atoms with E-state index in [9.17, 15) is 18.3 Å². The number of β-amino-alcohol motifs (C(OH)–C–C–N with tert-alkyl or cyclic N) is 1. The molecule has 8 rings (SSSR count). The Kier molecular flexibility index (Phi) is 10.1. The van der Waals surface area contributed by atoms with E-state index >= 15 is 0 Å². The fourth-order valence-corrected chi connectivity index (χ4v) is 11.9. The van der Waals surface area contributed by atoms with E-state index in [4.69, 9.17) is 16.3 Å². The van der Waals surface area contributed by atoms with Crippen LogP contribution >= 0.6 is 11.6 Å². The lowest BCUT2D eigenvalue weighted by Gasteiger charge is -2.53. The molecule has 2 bridgehead atoms. The first-order chi connectivity index (χ1) is 24.9. The van der Waals surface area contributed by atoms with Crippen molar-refractivity contribution in [2.75, 3.05) is 70.4 Å². The van der Waals surface area contributed by atoms with Crippen LogP contribution < -0.4 is 19.7 Å². The SMILES string of the molecule is C[C@@H]1[C@@H](C)CCC[C@@](O)(CN2CCN3CCNC[C@@H]3C2)[C@@H]2CC[C@H]2CN2C[C@@]3(CCCc4cc(Cl)ccc43)COc3ccc(cc32)C(=O)NS1(=O)=O. The van der Waals surface area contributed by atoms with Crippen molar-refractivity contribution in [2.45, 2.75) is 87.5 Å². The van der Waals surface area contributed by atoms with Crippen molar-refractivity contribution < 1.29 is 23.1 Å². The Hall–Kier alpha value is -2.41. The second kappa shape index (κ2) is 14.3. The van der Waals surface area contributed by atoms with Crippen LogP contribution in [0.2, 0.25) is 5.02 Å². The number of anilines is 1. The van der Waals surface area contributed by atoms with E-state index in [2.05, 4.69) is 36.9 Å². The van der Waals surface area contributed by atoms with E-state index in [0.29, 0.717) is 49.9 Å². The lowest BCUT2D eigenvalue weighted by atomic mass is 9.62. The van der Waals surface area contributed by atoms with Crippen molar-refractivity contribution in [2.24, 2.45) is 17.8 Å². The molecule has 6 aliphatic rings. The summed E-state index contributed by atoms with van der Waals surface area (Å²) in [5, 5.41) is 16.5. The summed E-state index contributed by atoms with van der Waals surface area (Å²) in [5.41, 5.74) is 2.48. The summed E-state index contributed by atoms with van der Waals surface area (Å²) in [6.07, 6.45) is 6.98. The Balaban J connectivity index is 1.16. The van der Waals surface area contributed by atoms with Gasteiger partial charge >= 0.3 is 0 Å². The van der Waals surface area contributed by atoms with E-state index in [0.717, 1.165) is 95.0 Å². The molecule has 1 spiro atoms. The maximum atomic E-state index is 13.6. The van der Waals surface area contributed by atoms with Crippen molar-refractivity contribution >= 4 is 33.2 Å². The molecule has 7 atom stereocenters. The summed E-state index contributed by atoms with van der Waals surface area (Å²) in [6.45, 7) is 12.2. The number of aryl methyl sites for hydroxylation is 1. The molecule has 52 heavy (non-hydrogen) atoms. The third-order valence-corrected chi connectivity index (χ3v) is 15.9. The van der Waals surface area contributed by atoms with Gasteiger partial charge in [0.1, 0.15) is 5.75 Å². The van der Waals surface area contributed by atoms with Crippen LogP contribution in [-0.2, 0) is 21.9 Å². The van der Waals surface area contributed by atoms with Crippen molar-refractivity contribution in [3.8, 4) is 5.75 Å². The van der Waals surface area contributed by atoms with Crippen molar-refractivity contribution in [3.05, 3.63) is 58.1 Å². The number of halogens is 1. The van der Waals surface area contributed by atoms with Crippen LogP contribution in [0.15, 0.2) is 36.4 Å². The highest BCUT2D eigenvalue weighted by Crippen LogP contribution is 2.49. The molecule has 284 valence electrons. The van der Waals surface area contributed by atoms with Crippen molar-refractivity contribution in [1.29, 1.82) is 0 Å². The minimum absolute atomic E-state index is 0.117. The average molecular weight is 754 g/mol. The summed E-state index contributed by atoms with van der Waals surface area (Å²) in [5.74, 6) is 0.282. The van der Waals surface area contributed by atoms with Crippen LogP contribution in [0.1, 0.15) is 80.3 Å². The Morgan fingerprint density at radius 1 is 1.02 bits per heavy atom. The van der Waals surface area contributed by atoms with Crippen LogP contribution in [0.25, 0.3) is 0 Å². The number of piperazine rings is 2. The molecule has 0 radical (unpaired) electrons. The van der Waals surface area contributed by atoms with Crippen molar-refractivity contribution in [1.82, 2.24) is 19.8 Å². The predicted octanol–water partition coefficient (Wildman–Crippen LogP) is 4.43. The zero-order valence-corrected chi connectivity index (χ0v) is 32.4. The highest BCUT2D eigenvalue weighted by atomic mass is 35.5. The average Bonchev–Trinajstić information content (AvgIpc) is 3.25. The van der Waals surface area contributed by atoms with E-state index in [1.807, 2.05) is 25.1 Å². The van der Waals surface area contributed by atoms with E-state index in [1.165, 1.54) is 11.1 Å². The van der Waals surface area contributed by atoms with Crippen molar-refractivity contribution in [3.63, 3.8) is 0 Å². The number of carbonyl (C=O) groups is 1. The van der Waals surface area contributed by atoms with Gasteiger partial charge in [-0.25, -0.2) is 13.1 Å². The monoisotopic (exact) mass is 753 g/mol. The zero-order chi connectivity index (χ0) is 36.3. The lowest BCUT2D eigenvalue weighted by molar-refractivity contribution is -0.113. The molecule has 2 aromatic carbocycles. The standard InChI is InChI=1S/C40H56ClN5O5S/c1-27-5-3-14-40(48,25-44-17-18-45-16-15-42-21-33(45)23-44)35-10-7-31(35)22-46-24-39(13-4-6-29-19-32(41)9-11-34(29)39)26-51-37-12-8-30(20-36(37)46)38(47)43-52(49,50)28(27)2/h8-9,11-12,19-20,27-28,31,33,35,42,48H,3-7,10,13-18,21-26H2,1-2H3,(H,43,47)/t27-,28+,31-,33+,35+,39-,40+/m0/s1. The maximum Gasteiger partial charge on any atom is 0.264 e. The van der Waals surface area contributed by atoms with Gasteiger partial charge in [0.25, 0.3) is 5.91 Å². The highest BCUT2D eigenvalue weighted by Gasteiger charge is 2.50. The van der Waals surface area contributed by atoms with Gasteiger partial charge in [-0.05, 0) is 111 Å². The van der Waals surface area contributed by atoms with Crippen LogP contribution in [0.4, 0.5) is 5.69 Å². The molecule has 3 N–H and O–H groups in total. The summed E-state index contributed by atoms with van der Waals surface area (Å²) in [7, 11) is -3.94. The van der Waals surface area contributed by atoms with Gasteiger partial charge in [-0.1, -0.05) is 31.0 Å².